The van der Waals surface area contributed by atoms with E-state index in [2.05, 4.69) is 130 Å². The minimum Gasteiger partial charge on any atom is -0.344 e. The number of para-hydroxylation sites is 1. The highest BCUT2D eigenvalue weighted by molar-refractivity contribution is 6.07. The van der Waals surface area contributed by atoms with Gasteiger partial charge in [0.2, 0.25) is 5.69 Å². The number of likely N-dealkylation sites (N-methyl/N-ethyl adjacent to an activating group) is 1. The third-order valence-corrected chi connectivity index (χ3v) is 7.53. The summed E-state index contributed by atoms with van der Waals surface area (Å²) in [5.74, 6) is 0. The molecule has 0 aromatic heterocycles. The van der Waals surface area contributed by atoms with Gasteiger partial charge in [-0.15, -0.1) is 0 Å². The van der Waals surface area contributed by atoms with Crippen molar-refractivity contribution in [3.63, 3.8) is 0 Å². The van der Waals surface area contributed by atoms with Gasteiger partial charge in [0.1, 0.15) is 7.05 Å². The molecule has 0 fully saturated rings. The number of fused-ring (bicyclic) bond motifs is 4. The van der Waals surface area contributed by atoms with Crippen molar-refractivity contribution >= 4 is 27.9 Å². The Morgan fingerprint density at radius 2 is 1.56 bits per heavy atom. The van der Waals surface area contributed by atoms with E-state index in [1.54, 1.807) is 0 Å². The van der Waals surface area contributed by atoms with Crippen molar-refractivity contribution in [1.29, 1.82) is 0 Å². The Morgan fingerprint density at radius 3 is 2.34 bits per heavy atom. The van der Waals surface area contributed by atoms with Crippen LogP contribution >= 0.6 is 0 Å². The molecule has 0 saturated heterocycles. The lowest BCUT2D eigenvalue weighted by molar-refractivity contribution is -0.399. The standard InChI is InChI=1S/C30H33N2/c1-7-32-25-16-11-10-15-23(25)29(2,3)27(32)18-12-17-26-30(4,5)24-20-19-21-13-8-9-14-22(21)28(24)31(26)6/h8-20H,7H2,1-6H3/q+1. The molecule has 2 heteroatoms. The van der Waals surface area contributed by atoms with Gasteiger partial charge in [0.15, 0.2) is 5.71 Å². The Bertz CT molecular complexity index is 1320. The highest BCUT2D eigenvalue weighted by Crippen LogP contribution is 2.47. The summed E-state index contributed by atoms with van der Waals surface area (Å²) in [6, 6.07) is 22.1. The van der Waals surface area contributed by atoms with E-state index < -0.39 is 0 Å². The third-order valence-electron chi connectivity index (χ3n) is 7.53. The highest BCUT2D eigenvalue weighted by Gasteiger charge is 2.44. The van der Waals surface area contributed by atoms with Gasteiger partial charge < -0.3 is 4.90 Å². The second-order valence-electron chi connectivity index (χ2n) is 10.0. The molecule has 3 aromatic carbocycles. The number of allylic oxidation sites excluding steroid dienone is 4. The van der Waals surface area contributed by atoms with E-state index in [4.69, 9.17) is 0 Å². The number of benzene rings is 3. The number of nitrogens with zero attached hydrogens (tertiary/aromatic N) is 2. The van der Waals surface area contributed by atoms with Crippen LogP contribution in [0, 0.1) is 0 Å². The molecular weight excluding hydrogens is 388 g/mol. The lowest BCUT2D eigenvalue weighted by Gasteiger charge is -2.25. The number of rotatable bonds is 3. The van der Waals surface area contributed by atoms with Gasteiger partial charge in [0.05, 0.1) is 10.8 Å². The van der Waals surface area contributed by atoms with Crippen LogP contribution in [0.3, 0.4) is 0 Å². The quantitative estimate of drug-likeness (QED) is 0.409. The fourth-order valence-electron chi connectivity index (χ4n) is 5.83. The summed E-state index contributed by atoms with van der Waals surface area (Å²) in [5, 5.41) is 2.62. The summed E-state index contributed by atoms with van der Waals surface area (Å²) in [4.78, 5) is 2.45. The van der Waals surface area contributed by atoms with E-state index in [1.807, 2.05) is 0 Å². The molecule has 3 aromatic rings. The van der Waals surface area contributed by atoms with E-state index in [9.17, 15) is 0 Å². The Labute approximate surface area is 192 Å². The first-order chi connectivity index (χ1) is 15.3. The summed E-state index contributed by atoms with van der Waals surface area (Å²) in [6.45, 7) is 12.6. The van der Waals surface area contributed by atoms with E-state index in [0.717, 1.165) is 6.54 Å². The smallest absolute Gasteiger partial charge is 0.217 e. The van der Waals surface area contributed by atoms with Crippen molar-refractivity contribution < 1.29 is 4.58 Å². The summed E-state index contributed by atoms with van der Waals surface area (Å²) in [5.41, 5.74) is 8.13. The fraction of sp³-hybridized carbons (Fsp3) is 0.300. The van der Waals surface area contributed by atoms with Gasteiger partial charge in [0, 0.05) is 35.0 Å². The van der Waals surface area contributed by atoms with E-state index in [1.165, 1.54) is 44.7 Å². The predicted molar refractivity (Wildman–Crippen MR) is 138 cm³/mol. The molecule has 0 amide bonds. The number of hydrogen-bond donors (Lipinski definition) is 0. The maximum absolute atomic E-state index is 2.45. The zero-order valence-corrected chi connectivity index (χ0v) is 20.1. The minimum absolute atomic E-state index is 0.00211. The number of anilines is 1. The van der Waals surface area contributed by atoms with Crippen molar-refractivity contribution in [3.8, 4) is 0 Å². The van der Waals surface area contributed by atoms with E-state index >= 15 is 0 Å². The van der Waals surface area contributed by atoms with Gasteiger partial charge in [-0.1, -0.05) is 68.5 Å². The van der Waals surface area contributed by atoms with Gasteiger partial charge in [-0.05, 0) is 49.9 Å². The minimum atomic E-state index is -0.0400. The van der Waals surface area contributed by atoms with Crippen LogP contribution in [0.25, 0.3) is 10.8 Å². The molecule has 0 unspecified atom stereocenters. The maximum Gasteiger partial charge on any atom is 0.217 e. The van der Waals surface area contributed by atoms with Crippen LogP contribution in [-0.4, -0.2) is 23.9 Å². The van der Waals surface area contributed by atoms with Crippen molar-refractivity contribution in [1.82, 2.24) is 0 Å². The molecule has 0 radical (unpaired) electrons. The second-order valence-corrected chi connectivity index (χ2v) is 10.0. The second kappa shape index (κ2) is 7.20. The first kappa shape index (κ1) is 20.8. The molecule has 162 valence electrons. The van der Waals surface area contributed by atoms with Crippen LogP contribution in [0.4, 0.5) is 11.4 Å². The molecule has 0 spiro atoms. The van der Waals surface area contributed by atoms with Crippen LogP contribution in [0.1, 0.15) is 45.7 Å². The van der Waals surface area contributed by atoms with E-state index in [0.29, 0.717) is 0 Å². The predicted octanol–water partition coefficient (Wildman–Crippen LogP) is 7.10. The summed E-state index contributed by atoms with van der Waals surface area (Å²) in [7, 11) is 2.21. The van der Waals surface area contributed by atoms with Crippen LogP contribution in [0.2, 0.25) is 0 Å². The zero-order valence-electron chi connectivity index (χ0n) is 20.1. The maximum atomic E-state index is 2.45. The summed E-state index contributed by atoms with van der Waals surface area (Å²) >= 11 is 0. The average Bonchev–Trinajstić information content (AvgIpc) is 3.12. The van der Waals surface area contributed by atoms with Crippen molar-refractivity contribution in [2.24, 2.45) is 0 Å². The molecule has 2 aliphatic heterocycles. The van der Waals surface area contributed by atoms with Gasteiger partial charge >= 0.3 is 0 Å². The first-order valence-corrected chi connectivity index (χ1v) is 11.7. The van der Waals surface area contributed by atoms with Gasteiger partial charge in [-0.3, -0.25) is 0 Å². The largest absolute Gasteiger partial charge is 0.344 e. The molecule has 5 rings (SSSR count). The molecule has 0 bridgehead atoms. The highest BCUT2D eigenvalue weighted by atomic mass is 15.2. The lowest BCUT2D eigenvalue weighted by Crippen LogP contribution is -2.27. The average molecular weight is 422 g/mol. The summed E-state index contributed by atoms with van der Waals surface area (Å²) < 4.78 is 2.39. The molecule has 32 heavy (non-hydrogen) atoms. The molecule has 0 N–H and O–H groups in total. The molecular formula is C30H33N2+. The third kappa shape index (κ3) is 2.82. The Morgan fingerprint density at radius 1 is 0.844 bits per heavy atom. The lowest BCUT2D eigenvalue weighted by atomic mass is 9.80. The van der Waals surface area contributed by atoms with Gasteiger partial charge in [-0.25, -0.2) is 0 Å². The van der Waals surface area contributed by atoms with Gasteiger partial charge in [0.25, 0.3) is 0 Å². The molecule has 0 atom stereocenters. The van der Waals surface area contributed by atoms with Crippen LogP contribution in [0.5, 0.6) is 0 Å². The SMILES string of the molecule is CCN1C(=CC=CC2=[N+](C)c3c(ccc4ccccc34)C2(C)C)C(C)(C)c2ccccc21. The normalized spacial score (nSPS) is 19.9. The molecule has 2 heterocycles. The molecule has 0 aliphatic carbocycles. The summed E-state index contributed by atoms with van der Waals surface area (Å²) in [6.07, 6.45) is 6.89. The van der Waals surface area contributed by atoms with Crippen molar-refractivity contribution in [2.75, 3.05) is 18.5 Å². The van der Waals surface area contributed by atoms with Crippen molar-refractivity contribution in [2.45, 2.75) is 45.4 Å². The fourth-order valence-corrected chi connectivity index (χ4v) is 5.83. The monoisotopic (exact) mass is 421 g/mol. The first-order valence-electron chi connectivity index (χ1n) is 11.7. The van der Waals surface area contributed by atoms with Crippen LogP contribution in [0.15, 0.2) is 84.6 Å². The number of hydrogen-bond acceptors (Lipinski definition) is 1. The molecule has 2 nitrogen and oxygen atoms in total. The molecule has 2 aliphatic rings. The Kier molecular flexibility index (Phi) is 4.67. The van der Waals surface area contributed by atoms with Crippen LogP contribution < -0.4 is 4.90 Å². The van der Waals surface area contributed by atoms with E-state index in [-0.39, 0.29) is 10.8 Å². The van der Waals surface area contributed by atoms with Crippen molar-refractivity contribution in [3.05, 3.63) is 95.7 Å². The molecule has 0 saturated carbocycles. The Hall–Kier alpha value is -3.13. The topological polar surface area (TPSA) is 6.25 Å². The Balaban J connectivity index is 1.58. The zero-order chi connectivity index (χ0) is 22.7. The van der Waals surface area contributed by atoms with Gasteiger partial charge in [-0.2, -0.15) is 4.58 Å². The van der Waals surface area contributed by atoms with Crippen LogP contribution in [-0.2, 0) is 10.8 Å².